The molecule has 0 fully saturated rings. The molecule has 1 rings (SSSR count). The van der Waals surface area contributed by atoms with Crippen LogP contribution in [0.1, 0.15) is 59.4 Å². The van der Waals surface area contributed by atoms with Crippen LogP contribution in [0.25, 0.3) is 0 Å². The molecule has 0 aromatic heterocycles. The van der Waals surface area contributed by atoms with Gasteiger partial charge in [0, 0.05) is 0 Å². The van der Waals surface area contributed by atoms with Crippen LogP contribution in [0.2, 0.25) is 0 Å². The molecule has 0 saturated heterocycles. The molecule has 1 unspecified atom stereocenters. The average molecular weight is 313 g/mol. The predicted octanol–water partition coefficient (Wildman–Crippen LogP) is 3.03. The van der Waals surface area contributed by atoms with Gasteiger partial charge in [0.2, 0.25) is 10.0 Å². The molecule has 120 valence electrons. The van der Waals surface area contributed by atoms with E-state index in [9.17, 15) is 13.5 Å². The van der Waals surface area contributed by atoms with Gasteiger partial charge in [0.1, 0.15) is 0 Å². The third-order valence-electron chi connectivity index (χ3n) is 4.29. The summed E-state index contributed by atoms with van der Waals surface area (Å²) in [5.74, 6) is 0.405. The second-order valence-electron chi connectivity index (χ2n) is 6.67. The van der Waals surface area contributed by atoms with Crippen molar-refractivity contribution in [3.8, 4) is 0 Å². The van der Waals surface area contributed by atoms with E-state index in [1.54, 1.807) is 39.8 Å². The summed E-state index contributed by atoms with van der Waals surface area (Å²) in [5, 5.41) is 10.1. The minimum absolute atomic E-state index is 0.215. The number of benzene rings is 1. The smallest absolute Gasteiger partial charge is 0.241 e. The van der Waals surface area contributed by atoms with Crippen LogP contribution < -0.4 is 4.72 Å². The molecular weight excluding hydrogens is 286 g/mol. The lowest BCUT2D eigenvalue weighted by molar-refractivity contribution is 0.00639. The van der Waals surface area contributed by atoms with Crippen LogP contribution in [0.5, 0.6) is 0 Å². The van der Waals surface area contributed by atoms with E-state index in [1.165, 1.54) is 0 Å². The van der Waals surface area contributed by atoms with Gasteiger partial charge in [-0.1, -0.05) is 26.0 Å². The lowest BCUT2D eigenvalue weighted by atomic mass is 9.87. The van der Waals surface area contributed by atoms with Crippen molar-refractivity contribution in [1.29, 1.82) is 0 Å². The molecule has 2 N–H and O–H groups in total. The molecule has 0 bridgehead atoms. The first-order valence-corrected chi connectivity index (χ1v) is 8.75. The Morgan fingerprint density at radius 2 is 1.62 bits per heavy atom. The van der Waals surface area contributed by atoms with Crippen molar-refractivity contribution in [3.05, 3.63) is 29.8 Å². The van der Waals surface area contributed by atoms with E-state index in [0.29, 0.717) is 5.92 Å². The molecule has 0 saturated carbocycles. The summed E-state index contributed by atoms with van der Waals surface area (Å²) in [6.45, 7) is 10.7. The van der Waals surface area contributed by atoms with Gasteiger partial charge >= 0.3 is 0 Å². The summed E-state index contributed by atoms with van der Waals surface area (Å²) in [6.07, 6.45) is 1.01. The van der Waals surface area contributed by atoms with Crippen LogP contribution in [-0.2, 0) is 10.0 Å². The Morgan fingerprint density at radius 1 is 1.14 bits per heavy atom. The summed E-state index contributed by atoms with van der Waals surface area (Å²) in [4.78, 5) is 0.215. The molecule has 0 aliphatic rings. The van der Waals surface area contributed by atoms with E-state index >= 15 is 0 Å². The lowest BCUT2D eigenvalue weighted by Gasteiger charge is -2.37. The highest BCUT2D eigenvalue weighted by Crippen LogP contribution is 2.25. The lowest BCUT2D eigenvalue weighted by Crippen LogP contribution is -2.57. The van der Waals surface area contributed by atoms with E-state index in [4.69, 9.17) is 0 Å². The van der Waals surface area contributed by atoms with Crippen LogP contribution in [0.3, 0.4) is 0 Å². The largest absolute Gasteiger partial charge is 0.389 e. The molecule has 4 nitrogen and oxygen atoms in total. The number of hydrogen-bond donors (Lipinski definition) is 2. The van der Waals surface area contributed by atoms with Gasteiger partial charge in [-0.3, -0.25) is 0 Å². The molecule has 0 radical (unpaired) electrons. The molecule has 0 aliphatic heterocycles. The SMILES string of the molecule is CCC(C)c1ccc(S(=O)(=O)NC(C)(C)C(C)(C)O)cc1. The summed E-state index contributed by atoms with van der Waals surface area (Å²) in [6, 6.07) is 6.92. The first-order chi connectivity index (χ1) is 9.40. The van der Waals surface area contributed by atoms with E-state index in [1.807, 2.05) is 12.1 Å². The van der Waals surface area contributed by atoms with Crippen molar-refractivity contribution < 1.29 is 13.5 Å². The predicted molar refractivity (Wildman–Crippen MR) is 85.8 cm³/mol. The fourth-order valence-corrected chi connectivity index (χ4v) is 3.26. The van der Waals surface area contributed by atoms with Gasteiger partial charge in [0.15, 0.2) is 0 Å². The van der Waals surface area contributed by atoms with Gasteiger partial charge in [-0.2, -0.15) is 0 Å². The molecule has 0 aliphatic carbocycles. The van der Waals surface area contributed by atoms with Crippen molar-refractivity contribution in [1.82, 2.24) is 4.72 Å². The van der Waals surface area contributed by atoms with E-state index in [-0.39, 0.29) is 4.90 Å². The van der Waals surface area contributed by atoms with E-state index < -0.39 is 21.2 Å². The monoisotopic (exact) mass is 313 g/mol. The number of hydrogen-bond acceptors (Lipinski definition) is 3. The maximum Gasteiger partial charge on any atom is 0.241 e. The average Bonchev–Trinajstić information content (AvgIpc) is 2.35. The molecular formula is C16H27NO3S. The highest BCUT2D eigenvalue weighted by atomic mass is 32.2. The van der Waals surface area contributed by atoms with E-state index in [0.717, 1.165) is 12.0 Å². The minimum Gasteiger partial charge on any atom is -0.389 e. The molecule has 1 aromatic carbocycles. The number of sulfonamides is 1. The van der Waals surface area contributed by atoms with Crippen LogP contribution >= 0.6 is 0 Å². The Hall–Kier alpha value is -0.910. The fraction of sp³-hybridized carbons (Fsp3) is 0.625. The van der Waals surface area contributed by atoms with Gasteiger partial charge in [-0.05, 0) is 57.7 Å². The van der Waals surface area contributed by atoms with Gasteiger partial charge in [0.05, 0.1) is 16.0 Å². The zero-order valence-electron chi connectivity index (χ0n) is 13.8. The fourth-order valence-electron chi connectivity index (χ4n) is 1.73. The normalized spacial score (nSPS) is 15.0. The van der Waals surface area contributed by atoms with Gasteiger partial charge in [-0.25, -0.2) is 13.1 Å². The van der Waals surface area contributed by atoms with Crippen LogP contribution in [-0.4, -0.2) is 24.7 Å². The topological polar surface area (TPSA) is 66.4 Å². The second-order valence-corrected chi connectivity index (χ2v) is 8.35. The summed E-state index contributed by atoms with van der Waals surface area (Å²) in [5.41, 5.74) is -1.02. The van der Waals surface area contributed by atoms with Crippen molar-refractivity contribution in [3.63, 3.8) is 0 Å². The number of nitrogens with one attached hydrogen (secondary N) is 1. The number of rotatable bonds is 6. The maximum atomic E-state index is 12.4. The van der Waals surface area contributed by atoms with Crippen molar-refractivity contribution in [2.45, 2.75) is 69.9 Å². The highest BCUT2D eigenvalue weighted by Gasteiger charge is 2.38. The molecule has 1 aromatic rings. The van der Waals surface area contributed by atoms with Crippen LogP contribution in [0.4, 0.5) is 0 Å². The first kappa shape index (κ1) is 18.1. The second kappa shape index (κ2) is 6.07. The van der Waals surface area contributed by atoms with E-state index in [2.05, 4.69) is 18.6 Å². The Balaban J connectivity index is 3.04. The van der Waals surface area contributed by atoms with Crippen LogP contribution in [0.15, 0.2) is 29.2 Å². The summed E-state index contributed by atoms with van der Waals surface area (Å²) < 4.78 is 27.4. The van der Waals surface area contributed by atoms with Gasteiger partial charge in [-0.15, -0.1) is 0 Å². The number of aliphatic hydroxyl groups is 1. The quantitative estimate of drug-likeness (QED) is 0.848. The third kappa shape index (κ3) is 4.28. The Labute approximate surface area is 128 Å². The first-order valence-electron chi connectivity index (χ1n) is 7.27. The Kier molecular flexibility index (Phi) is 5.24. The maximum absolute atomic E-state index is 12.4. The zero-order valence-corrected chi connectivity index (χ0v) is 14.6. The Morgan fingerprint density at radius 3 is 2.00 bits per heavy atom. The molecule has 0 amide bonds. The standard InChI is InChI=1S/C16H27NO3S/c1-7-12(2)13-8-10-14(11-9-13)21(19,20)17-15(3,4)16(5,6)18/h8-12,17-18H,7H2,1-6H3. The van der Waals surface area contributed by atoms with Gasteiger partial charge in [0.25, 0.3) is 0 Å². The van der Waals surface area contributed by atoms with Crippen LogP contribution in [0, 0.1) is 0 Å². The van der Waals surface area contributed by atoms with Crippen molar-refractivity contribution in [2.75, 3.05) is 0 Å². The van der Waals surface area contributed by atoms with Gasteiger partial charge < -0.3 is 5.11 Å². The molecule has 5 heteroatoms. The summed E-state index contributed by atoms with van der Waals surface area (Å²) in [7, 11) is -3.66. The molecule has 0 heterocycles. The minimum atomic E-state index is -3.66. The van der Waals surface area contributed by atoms with Crippen molar-refractivity contribution in [2.24, 2.45) is 0 Å². The molecule has 1 atom stereocenters. The molecule has 0 spiro atoms. The zero-order chi connectivity index (χ0) is 16.5. The summed E-state index contributed by atoms with van der Waals surface area (Å²) >= 11 is 0. The third-order valence-corrected chi connectivity index (χ3v) is 5.96. The Bertz CT molecular complexity index is 569. The highest BCUT2D eigenvalue weighted by molar-refractivity contribution is 7.89. The van der Waals surface area contributed by atoms with Crippen molar-refractivity contribution >= 4 is 10.0 Å². The molecule has 21 heavy (non-hydrogen) atoms.